The van der Waals surface area contributed by atoms with Crippen molar-refractivity contribution < 1.29 is 8.42 Å². The first-order chi connectivity index (χ1) is 12.4. The third-order valence-corrected chi connectivity index (χ3v) is 6.83. The molecule has 1 aliphatic heterocycles. The number of hydrogen-bond acceptors (Lipinski definition) is 5. The van der Waals surface area contributed by atoms with E-state index >= 15 is 0 Å². The van der Waals surface area contributed by atoms with Crippen LogP contribution in [0.3, 0.4) is 0 Å². The lowest BCUT2D eigenvalue weighted by molar-refractivity contribution is 0.486. The van der Waals surface area contributed by atoms with Crippen molar-refractivity contribution in [2.75, 3.05) is 19.6 Å². The third-order valence-electron chi connectivity index (χ3n) is 4.32. The number of guanidine groups is 1. The first-order valence-electron chi connectivity index (χ1n) is 8.50. The second kappa shape index (κ2) is 7.77. The maximum absolute atomic E-state index is 11.4. The Bertz CT molecular complexity index is 886. The fraction of sp³-hybridized carbons (Fsp3) is 0.500. The maximum Gasteiger partial charge on any atom is 0.247 e. The van der Waals surface area contributed by atoms with Gasteiger partial charge in [-0.15, -0.1) is 11.3 Å². The number of likely N-dealkylation sites (tertiary alicyclic amines) is 1. The number of nitrogens with one attached hydrogen (secondary N) is 1. The van der Waals surface area contributed by atoms with Crippen molar-refractivity contribution in [3.05, 3.63) is 35.0 Å². The highest BCUT2D eigenvalue weighted by molar-refractivity contribution is 7.91. The minimum Gasteiger partial charge on any atom is -0.357 e. The molecule has 1 atom stereocenters. The summed E-state index contributed by atoms with van der Waals surface area (Å²) in [6.45, 7) is 5.06. The molecule has 0 bridgehead atoms. The molecule has 0 aromatic carbocycles. The first-order valence-corrected chi connectivity index (χ1v) is 10.9. The van der Waals surface area contributed by atoms with E-state index in [1.54, 1.807) is 6.07 Å². The lowest BCUT2D eigenvalue weighted by atomic mass is 10.0. The van der Waals surface area contributed by atoms with Gasteiger partial charge in [-0.05, 0) is 31.0 Å². The highest BCUT2D eigenvalue weighted by Crippen LogP contribution is 2.27. The molecule has 10 heteroatoms. The van der Waals surface area contributed by atoms with Crippen LogP contribution in [-0.4, -0.2) is 48.7 Å². The molecule has 0 amide bonds. The number of aromatic nitrogens is 2. The molecular weight excluding hydrogens is 372 g/mol. The van der Waals surface area contributed by atoms with E-state index < -0.39 is 10.0 Å². The number of rotatable bonds is 5. The van der Waals surface area contributed by atoms with Gasteiger partial charge in [0.2, 0.25) is 10.0 Å². The van der Waals surface area contributed by atoms with E-state index in [-0.39, 0.29) is 4.21 Å². The zero-order valence-corrected chi connectivity index (χ0v) is 16.6. The molecule has 2 aromatic rings. The van der Waals surface area contributed by atoms with Crippen LogP contribution in [0.4, 0.5) is 0 Å². The van der Waals surface area contributed by atoms with Gasteiger partial charge in [-0.1, -0.05) is 0 Å². The maximum atomic E-state index is 11.4. The van der Waals surface area contributed by atoms with Crippen LogP contribution in [0.1, 0.15) is 29.7 Å². The summed E-state index contributed by atoms with van der Waals surface area (Å²) in [6, 6.07) is 3.30. The summed E-state index contributed by atoms with van der Waals surface area (Å²) < 4.78 is 24.8. The van der Waals surface area contributed by atoms with Crippen molar-refractivity contribution >= 4 is 27.3 Å². The Morgan fingerprint density at radius 3 is 2.92 bits per heavy atom. The van der Waals surface area contributed by atoms with E-state index in [1.165, 1.54) is 23.0 Å². The number of primary sulfonamides is 1. The summed E-state index contributed by atoms with van der Waals surface area (Å²) in [5.74, 6) is 1.30. The van der Waals surface area contributed by atoms with Crippen LogP contribution in [-0.2, 0) is 23.6 Å². The normalized spacial score (nSPS) is 18.5. The Labute approximate surface area is 157 Å². The Morgan fingerprint density at radius 1 is 1.50 bits per heavy atom. The van der Waals surface area contributed by atoms with E-state index in [9.17, 15) is 8.42 Å². The predicted molar refractivity (Wildman–Crippen MR) is 103 cm³/mol. The van der Waals surface area contributed by atoms with Crippen molar-refractivity contribution in [3.63, 3.8) is 0 Å². The fourth-order valence-corrected chi connectivity index (χ4v) is 4.75. The molecule has 1 fully saturated rings. The van der Waals surface area contributed by atoms with E-state index in [0.29, 0.717) is 12.5 Å². The monoisotopic (exact) mass is 396 g/mol. The molecule has 2 aromatic heterocycles. The van der Waals surface area contributed by atoms with Crippen LogP contribution in [0.2, 0.25) is 0 Å². The van der Waals surface area contributed by atoms with Crippen LogP contribution in [0.25, 0.3) is 0 Å². The lowest BCUT2D eigenvalue weighted by Crippen LogP contribution is -2.39. The fourth-order valence-electron chi connectivity index (χ4n) is 3.05. The smallest absolute Gasteiger partial charge is 0.247 e. The zero-order chi connectivity index (χ0) is 18.7. The average Bonchev–Trinajstić information content (AvgIpc) is 3.30. The largest absolute Gasteiger partial charge is 0.357 e. The van der Waals surface area contributed by atoms with Crippen molar-refractivity contribution in [1.82, 2.24) is 20.0 Å². The van der Waals surface area contributed by atoms with Crippen molar-refractivity contribution in [3.8, 4) is 0 Å². The first kappa shape index (κ1) is 18.9. The van der Waals surface area contributed by atoms with Crippen molar-refractivity contribution in [2.45, 2.75) is 30.0 Å². The zero-order valence-electron chi connectivity index (χ0n) is 14.9. The van der Waals surface area contributed by atoms with Crippen LogP contribution < -0.4 is 10.5 Å². The topological polar surface area (TPSA) is 106 Å². The van der Waals surface area contributed by atoms with E-state index in [2.05, 4.69) is 26.5 Å². The highest BCUT2D eigenvalue weighted by Gasteiger charge is 2.26. The van der Waals surface area contributed by atoms with Crippen LogP contribution >= 0.6 is 11.3 Å². The van der Waals surface area contributed by atoms with Crippen LogP contribution in [0, 0.1) is 0 Å². The third kappa shape index (κ3) is 4.43. The van der Waals surface area contributed by atoms with Gasteiger partial charge in [0.1, 0.15) is 4.21 Å². The molecule has 3 rings (SSSR count). The number of hydrogen-bond donors (Lipinski definition) is 2. The molecule has 0 aliphatic carbocycles. The Balaban J connectivity index is 1.69. The molecule has 0 spiro atoms. The number of nitrogens with zero attached hydrogens (tertiary/aromatic N) is 4. The minimum atomic E-state index is -3.65. The SMILES string of the molecule is CCNC(=NCc1ccc(S(N)(=O)=O)s1)N1CCC(c2cnn(C)c2)C1. The number of thiophene rings is 1. The van der Waals surface area contributed by atoms with Crippen LogP contribution in [0.15, 0.2) is 33.7 Å². The van der Waals surface area contributed by atoms with Crippen molar-refractivity contribution in [2.24, 2.45) is 17.2 Å². The number of aryl methyl sites for hydroxylation is 1. The molecule has 142 valence electrons. The van der Waals surface area contributed by atoms with Gasteiger partial charge in [0.15, 0.2) is 5.96 Å². The molecule has 8 nitrogen and oxygen atoms in total. The standard InChI is InChI=1S/C16H24N6O2S2/c1-3-18-16(19-9-14-4-5-15(25-14)26(17,23)24)22-7-6-12(11-22)13-8-20-21(2)10-13/h4-5,8,10,12H,3,6-7,9,11H2,1-2H3,(H,18,19)(H2,17,23,24). The molecule has 0 radical (unpaired) electrons. The molecule has 0 saturated carbocycles. The quantitative estimate of drug-likeness (QED) is 0.581. The molecule has 26 heavy (non-hydrogen) atoms. The van der Waals surface area contributed by atoms with Crippen LogP contribution in [0.5, 0.6) is 0 Å². The van der Waals surface area contributed by atoms with Gasteiger partial charge in [0.25, 0.3) is 0 Å². The highest BCUT2D eigenvalue weighted by atomic mass is 32.2. The summed E-state index contributed by atoms with van der Waals surface area (Å²) in [6.07, 6.45) is 5.06. The Kier molecular flexibility index (Phi) is 5.64. The average molecular weight is 397 g/mol. The summed E-state index contributed by atoms with van der Waals surface area (Å²) >= 11 is 1.17. The molecule has 3 N–H and O–H groups in total. The summed E-state index contributed by atoms with van der Waals surface area (Å²) in [5.41, 5.74) is 1.25. The van der Waals surface area contributed by atoms with Gasteiger partial charge >= 0.3 is 0 Å². The molecule has 1 aliphatic rings. The molecule has 3 heterocycles. The molecule has 1 unspecified atom stereocenters. The Morgan fingerprint density at radius 2 is 2.31 bits per heavy atom. The lowest BCUT2D eigenvalue weighted by Gasteiger charge is -2.21. The van der Waals surface area contributed by atoms with Gasteiger partial charge in [0, 0.05) is 43.7 Å². The summed E-state index contributed by atoms with van der Waals surface area (Å²) in [7, 11) is -1.72. The van der Waals surface area contributed by atoms with E-state index in [1.807, 2.05) is 24.9 Å². The number of sulfonamides is 1. The van der Waals surface area contributed by atoms with Gasteiger partial charge in [-0.3, -0.25) is 4.68 Å². The second-order valence-corrected chi connectivity index (χ2v) is 9.27. The second-order valence-electron chi connectivity index (χ2n) is 6.31. The summed E-state index contributed by atoms with van der Waals surface area (Å²) in [4.78, 5) is 7.79. The Hall–Kier alpha value is -1.91. The number of aliphatic imine (C=N–C) groups is 1. The minimum absolute atomic E-state index is 0.172. The van der Waals surface area contributed by atoms with Gasteiger partial charge in [-0.2, -0.15) is 5.10 Å². The predicted octanol–water partition coefficient (Wildman–Crippen LogP) is 1.08. The van der Waals surface area contributed by atoms with E-state index in [0.717, 1.165) is 36.9 Å². The number of nitrogens with two attached hydrogens (primary N) is 1. The molecule has 1 saturated heterocycles. The van der Waals surface area contributed by atoms with Gasteiger partial charge in [-0.25, -0.2) is 18.5 Å². The summed E-state index contributed by atoms with van der Waals surface area (Å²) in [5, 5.41) is 12.8. The van der Waals surface area contributed by atoms with Crippen molar-refractivity contribution in [1.29, 1.82) is 0 Å². The van der Waals surface area contributed by atoms with Gasteiger partial charge in [0.05, 0.1) is 12.7 Å². The molecular formula is C16H24N6O2S2. The van der Waals surface area contributed by atoms with E-state index in [4.69, 9.17) is 5.14 Å². The van der Waals surface area contributed by atoms with Gasteiger partial charge < -0.3 is 10.2 Å².